The maximum absolute atomic E-state index is 11.2. The first-order chi connectivity index (χ1) is 6.31. The molecule has 0 saturated carbocycles. The van der Waals surface area contributed by atoms with Crippen molar-refractivity contribution in [2.75, 3.05) is 6.54 Å². The average Bonchev–Trinajstić information content (AvgIpc) is 2.59. The molecule has 3 nitrogen and oxygen atoms in total. The van der Waals surface area contributed by atoms with Crippen LogP contribution in [-0.4, -0.2) is 17.3 Å². The second kappa shape index (κ2) is 3.24. The first-order valence-electron chi connectivity index (χ1n) is 3.90. The fraction of sp³-hybridized carbons (Fsp3) is 0.111. The third kappa shape index (κ3) is 1.46. The molecule has 66 valence electrons. The molecule has 2 rings (SSSR count). The summed E-state index contributed by atoms with van der Waals surface area (Å²) in [6, 6.07) is 7.66. The number of carbonyl (C=O) groups excluding carboxylic acids is 1. The molecule has 0 aliphatic rings. The topological polar surface area (TPSA) is 56.0 Å². The molecule has 13 heavy (non-hydrogen) atoms. The van der Waals surface area contributed by atoms with Crippen molar-refractivity contribution in [2.24, 2.45) is 5.73 Å². The van der Waals surface area contributed by atoms with Crippen LogP contribution < -0.4 is 5.73 Å². The third-order valence-corrected chi connectivity index (χ3v) is 2.80. The van der Waals surface area contributed by atoms with Crippen LogP contribution >= 0.6 is 11.3 Å². The van der Waals surface area contributed by atoms with Crippen molar-refractivity contribution in [3.63, 3.8) is 0 Å². The van der Waals surface area contributed by atoms with Crippen molar-refractivity contribution in [3.8, 4) is 0 Å². The first kappa shape index (κ1) is 8.34. The molecule has 2 aromatic rings. The van der Waals surface area contributed by atoms with Gasteiger partial charge in [0.1, 0.15) is 0 Å². The summed E-state index contributed by atoms with van der Waals surface area (Å²) in [6.07, 6.45) is 0. The highest BCUT2D eigenvalue weighted by Gasteiger charge is 2.09. The molecule has 0 bridgehead atoms. The summed E-state index contributed by atoms with van der Waals surface area (Å²) in [4.78, 5) is 15.4. The Hall–Kier alpha value is -1.26. The maximum atomic E-state index is 11.2. The van der Waals surface area contributed by atoms with Crippen LogP contribution in [0, 0.1) is 0 Å². The number of para-hydroxylation sites is 1. The number of fused-ring (bicyclic) bond motifs is 1. The van der Waals surface area contributed by atoms with Crippen molar-refractivity contribution < 1.29 is 4.79 Å². The Labute approximate surface area is 79.2 Å². The Balaban J connectivity index is 2.56. The Bertz CT molecular complexity index is 417. The van der Waals surface area contributed by atoms with Crippen LogP contribution in [0.15, 0.2) is 24.3 Å². The van der Waals surface area contributed by atoms with Crippen LogP contribution in [0.25, 0.3) is 10.2 Å². The third-order valence-electron chi connectivity index (χ3n) is 1.72. The molecule has 0 aliphatic carbocycles. The van der Waals surface area contributed by atoms with Gasteiger partial charge >= 0.3 is 0 Å². The number of carbonyl (C=O) groups is 1. The van der Waals surface area contributed by atoms with Gasteiger partial charge in [0.05, 0.1) is 16.8 Å². The minimum absolute atomic E-state index is 0.0276. The highest BCUT2D eigenvalue weighted by atomic mass is 32.1. The summed E-state index contributed by atoms with van der Waals surface area (Å²) >= 11 is 1.39. The van der Waals surface area contributed by atoms with E-state index in [1.54, 1.807) is 0 Å². The smallest absolute Gasteiger partial charge is 0.204 e. The molecular formula is C9H8N2OS. The molecule has 0 atom stereocenters. The lowest BCUT2D eigenvalue weighted by Crippen LogP contribution is -2.12. The molecule has 0 unspecified atom stereocenters. The van der Waals surface area contributed by atoms with Gasteiger partial charge in [0, 0.05) is 0 Å². The minimum atomic E-state index is -0.0961. The highest BCUT2D eigenvalue weighted by Crippen LogP contribution is 2.21. The molecule has 0 aliphatic heterocycles. The molecule has 0 saturated heterocycles. The number of ketones is 1. The Kier molecular flexibility index (Phi) is 2.08. The molecule has 0 amide bonds. The Morgan fingerprint density at radius 2 is 2.23 bits per heavy atom. The molecule has 0 spiro atoms. The lowest BCUT2D eigenvalue weighted by Gasteiger charge is -1.85. The SMILES string of the molecule is NCC(=O)c1nc2ccccc2s1. The van der Waals surface area contributed by atoms with Crippen LogP contribution in [0.4, 0.5) is 0 Å². The zero-order valence-electron chi connectivity index (χ0n) is 6.86. The minimum Gasteiger partial charge on any atom is -0.324 e. The number of hydrogen-bond acceptors (Lipinski definition) is 4. The number of benzene rings is 1. The van der Waals surface area contributed by atoms with Gasteiger partial charge in [-0.3, -0.25) is 4.79 Å². The summed E-state index contributed by atoms with van der Waals surface area (Å²) in [6.45, 7) is 0.0276. The maximum Gasteiger partial charge on any atom is 0.204 e. The van der Waals surface area contributed by atoms with Gasteiger partial charge in [0.15, 0.2) is 5.01 Å². The largest absolute Gasteiger partial charge is 0.324 e. The summed E-state index contributed by atoms with van der Waals surface area (Å²) in [5.74, 6) is -0.0961. The van der Waals surface area contributed by atoms with Gasteiger partial charge in [-0.1, -0.05) is 12.1 Å². The molecule has 4 heteroatoms. The molecule has 1 heterocycles. The van der Waals surface area contributed by atoms with Crippen molar-refractivity contribution >= 4 is 27.3 Å². The van der Waals surface area contributed by atoms with Crippen molar-refractivity contribution in [1.82, 2.24) is 4.98 Å². The van der Waals surface area contributed by atoms with Gasteiger partial charge in [-0.05, 0) is 12.1 Å². The average molecular weight is 192 g/mol. The molecule has 1 aromatic carbocycles. The van der Waals surface area contributed by atoms with Gasteiger partial charge < -0.3 is 5.73 Å². The Morgan fingerprint density at radius 1 is 1.46 bits per heavy atom. The van der Waals surface area contributed by atoms with Gasteiger partial charge in [0.2, 0.25) is 5.78 Å². The van der Waals surface area contributed by atoms with Crippen molar-refractivity contribution in [1.29, 1.82) is 0 Å². The monoisotopic (exact) mass is 192 g/mol. The van der Waals surface area contributed by atoms with Crippen LogP contribution in [0.5, 0.6) is 0 Å². The number of Topliss-reactive ketones (excluding diaryl/α,β-unsaturated/α-hetero) is 1. The standard InChI is InChI=1S/C9H8N2OS/c10-5-7(12)9-11-6-3-1-2-4-8(6)13-9/h1-4H,5,10H2. The molecule has 1 aromatic heterocycles. The number of thiazole rings is 1. The van der Waals surface area contributed by atoms with Gasteiger partial charge in [-0.15, -0.1) is 11.3 Å². The number of nitrogens with two attached hydrogens (primary N) is 1. The van der Waals surface area contributed by atoms with Crippen molar-refractivity contribution in [2.45, 2.75) is 0 Å². The van der Waals surface area contributed by atoms with E-state index in [-0.39, 0.29) is 12.3 Å². The van der Waals surface area contributed by atoms with Crippen LogP contribution in [0.3, 0.4) is 0 Å². The number of rotatable bonds is 2. The first-order valence-corrected chi connectivity index (χ1v) is 4.72. The normalized spacial score (nSPS) is 10.5. The molecule has 2 N–H and O–H groups in total. The van der Waals surface area contributed by atoms with Crippen LogP contribution in [0.1, 0.15) is 9.80 Å². The van der Waals surface area contributed by atoms with Gasteiger partial charge in [0.25, 0.3) is 0 Å². The zero-order valence-corrected chi connectivity index (χ0v) is 7.67. The number of aromatic nitrogens is 1. The predicted octanol–water partition coefficient (Wildman–Crippen LogP) is 1.44. The lowest BCUT2D eigenvalue weighted by atomic mass is 10.3. The molecule has 0 radical (unpaired) electrons. The van der Waals surface area contributed by atoms with E-state index in [9.17, 15) is 4.79 Å². The van der Waals surface area contributed by atoms with E-state index in [1.165, 1.54) is 11.3 Å². The fourth-order valence-electron chi connectivity index (χ4n) is 1.08. The summed E-state index contributed by atoms with van der Waals surface area (Å²) < 4.78 is 1.03. The second-order valence-corrected chi connectivity index (χ2v) is 3.64. The predicted molar refractivity (Wildman–Crippen MR) is 53.0 cm³/mol. The molecule has 0 fully saturated rings. The highest BCUT2D eigenvalue weighted by molar-refractivity contribution is 7.20. The van der Waals surface area contributed by atoms with Crippen LogP contribution in [-0.2, 0) is 0 Å². The van der Waals surface area contributed by atoms with E-state index in [2.05, 4.69) is 4.98 Å². The summed E-state index contributed by atoms with van der Waals surface area (Å²) in [5.41, 5.74) is 6.11. The van der Waals surface area contributed by atoms with Gasteiger partial charge in [-0.2, -0.15) is 0 Å². The molecular weight excluding hydrogens is 184 g/mol. The van der Waals surface area contributed by atoms with E-state index in [1.807, 2.05) is 24.3 Å². The van der Waals surface area contributed by atoms with E-state index >= 15 is 0 Å². The summed E-state index contributed by atoms with van der Waals surface area (Å²) in [7, 11) is 0. The Morgan fingerprint density at radius 3 is 2.92 bits per heavy atom. The lowest BCUT2D eigenvalue weighted by molar-refractivity contribution is 0.100. The van der Waals surface area contributed by atoms with Crippen molar-refractivity contribution in [3.05, 3.63) is 29.3 Å². The van der Waals surface area contributed by atoms with E-state index in [0.29, 0.717) is 5.01 Å². The quantitative estimate of drug-likeness (QED) is 0.732. The van der Waals surface area contributed by atoms with E-state index in [0.717, 1.165) is 10.2 Å². The second-order valence-electron chi connectivity index (χ2n) is 2.61. The van der Waals surface area contributed by atoms with Crippen LogP contribution in [0.2, 0.25) is 0 Å². The van der Waals surface area contributed by atoms with E-state index in [4.69, 9.17) is 5.73 Å². The zero-order chi connectivity index (χ0) is 9.26. The van der Waals surface area contributed by atoms with Gasteiger partial charge in [-0.25, -0.2) is 4.98 Å². The summed E-state index contributed by atoms with van der Waals surface area (Å²) in [5, 5.41) is 0.503. The fourth-order valence-corrected chi connectivity index (χ4v) is 1.99. The van der Waals surface area contributed by atoms with E-state index < -0.39 is 0 Å². The number of nitrogens with zero attached hydrogens (tertiary/aromatic N) is 1. The number of hydrogen-bond donors (Lipinski definition) is 1.